The zero-order chi connectivity index (χ0) is 10.6. The maximum Gasteiger partial charge on any atom is 0.511 e. The molecule has 0 atom stereocenters. The van der Waals surface area contributed by atoms with Gasteiger partial charge in [-0.2, -0.15) is 0 Å². The summed E-state index contributed by atoms with van der Waals surface area (Å²) in [6.07, 6.45) is 3.95. The highest BCUT2D eigenvalue weighted by atomic mass is 35.7. The number of rotatable bonds is 3. The summed E-state index contributed by atoms with van der Waals surface area (Å²) in [7, 11) is -1.73. The molecule has 1 aromatic carbocycles. The van der Waals surface area contributed by atoms with Crippen molar-refractivity contribution in [3.63, 3.8) is 0 Å². The standard InChI is InChI=1S/C10H11Cl2OSi/c1-3-5-9-8(2)6-4-7-10(9)13-14(11)12/h3-7H,1-2H3. The van der Waals surface area contributed by atoms with E-state index in [2.05, 4.69) is 0 Å². The summed E-state index contributed by atoms with van der Waals surface area (Å²) >= 11 is 11.3. The summed E-state index contributed by atoms with van der Waals surface area (Å²) in [5.41, 5.74) is 2.19. The van der Waals surface area contributed by atoms with Crippen molar-refractivity contribution < 1.29 is 4.43 Å². The predicted octanol–water partition coefficient (Wildman–Crippen LogP) is 3.87. The van der Waals surface area contributed by atoms with Crippen LogP contribution in [-0.2, 0) is 0 Å². The van der Waals surface area contributed by atoms with E-state index in [9.17, 15) is 0 Å². The first-order valence-corrected chi connectivity index (χ1v) is 7.66. The first-order chi connectivity index (χ1) is 6.65. The smallest absolute Gasteiger partial charge is 0.511 e. The summed E-state index contributed by atoms with van der Waals surface area (Å²) in [4.78, 5) is 0. The minimum absolute atomic E-state index is 0.752. The Bertz CT molecular complexity index is 337. The van der Waals surface area contributed by atoms with Gasteiger partial charge in [0, 0.05) is 5.56 Å². The van der Waals surface area contributed by atoms with Crippen LogP contribution < -0.4 is 4.43 Å². The summed E-state index contributed by atoms with van der Waals surface area (Å²) < 4.78 is 5.36. The highest BCUT2D eigenvalue weighted by Crippen LogP contribution is 2.25. The van der Waals surface area contributed by atoms with Crippen LogP contribution in [0.2, 0.25) is 0 Å². The van der Waals surface area contributed by atoms with Crippen LogP contribution in [0, 0.1) is 6.92 Å². The van der Waals surface area contributed by atoms with E-state index in [0.717, 1.165) is 16.9 Å². The van der Waals surface area contributed by atoms with Crippen molar-refractivity contribution >= 4 is 35.9 Å². The van der Waals surface area contributed by atoms with Crippen molar-refractivity contribution in [2.24, 2.45) is 0 Å². The summed E-state index contributed by atoms with van der Waals surface area (Å²) in [5, 5.41) is 0. The second-order valence-electron chi connectivity index (χ2n) is 2.81. The van der Waals surface area contributed by atoms with Gasteiger partial charge in [-0.3, -0.25) is 0 Å². The average molecular weight is 246 g/mol. The molecule has 0 N–H and O–H groups in total. The Hall–Kier alpha value is -0.443. The molecule has 0 saturated carbocycles. The predicted molar refractivity (Wildman–Crippen MR) is 64.0 cm³/mol. The molecule has 1 radical (unpaired) electrons. The summed E-state index contributed by atoms with van der Waals surface area (Å²) in [5.74, 6) is 0.752. The van der Waals surface area contributed by atoms with Crippen molar-refractivity contribution in [1.82, 2.24) is 0 Å². The van der Waals surface area contributed by atoms with E-state index < -0.39 is 7.66 Å². The number of benzene rings is 1. The van der Waals surface area contributed by atoms with Gasteiger partial charge in [-0.25, -0.2) is 0 Å². The number of halogens is 2. The van der Waals surface area contributed by atoms with E-state index in [0.29, 0.717) is 0 Å². The first-order valence-electron chi connectivity index (χ1n) is 4.23. The Labute approximate surface area is 95.4 Å². The number of allylic oxidation sites excluding steroid dienone is 1. The lowest BCUT2D eigenvalue weighted by Gasteiger charge is -2.10. The third kappa shape index (κ3) is 3.05. The van der Waals surface area contributed by atoms with Gasteiger partial charge in [0.1, 0.15) is 5.75 Å². The third-order valence-corrected chi connectivity index (χ3v) is 2.64. The molecule has 1 aromatic rings. The topological polar surface area (TPSA) is 9.23 Å². The van der Waals surface area contributed by atoms with Gasteiger partial charge in [0.15, 0.2) is 0 Å². The van der Waals surface area contributed by atoms with Gasteiger partial charge in [0.2, 0.25) is 0 Å². The van der Waals surface area contributed by atoms with Gasteiger partial charge >= 0.3 is 7.66 Å². The molecule has 4 heteroatoms. The van der Waals surface area contributed by atoms with E-state index >= 15 is 0 Å². The van der Waals surface area contributed by atoms with E-state index in [-0.39, 0.29) is 0 Å². The van der Waals surface area contributed by atoms with Crippen LogP contribution in [0.15, 0.2) is 24.3 Å². The molecule has 0 unspecified atom stereocenters. The van der Waals surface area contributed by atoms with Gasteiger partial charge in [-0.15, -0.1) is 0 Å². The number of hydrogen-bond acceptors (Lipinski definition) is 1. The molecule has 0 aliphatic carbocycles. The number of aryl methyl sites for hydroxylation is 1. The fourth-order valence-electron chi connectivity index (χ4n) is 1.21. The van der Waals surface area contributed by atoms with Crippen LogP contribution in [0.4, 0.5) is 0 Å². The van der Waals surface area contributed by atoms with Gasteiger partial charge in [0.25, 0.3) is 0 Å². The fraction of sp³-hybridized carbons (Fsp3) is 0.200. The molecule has 0 fully saturated rings. The van der Waals surface area contributed by atoms with Gasteiger partial charge in [0.05, 0.1) is 0 Å². The Morgan fingerprint density at radius 1 is 1.36 bits per heavy atom. The Morgan fingerprint density at radius 2 is 2.07 bits per heavy atom. The summed E-state index contributed by atoms with van der Waals surface area (Å²) in [6.45, 7) is 3.99. The molecule has 0 heterocycles. The zero-order valence-corrected chi connectivity index (χ0v) is 10.6. The van der Waals surface area contributed by atoms with E-state index in [1.54, 1.807) is 0 Å². The highest BCUT2D eigenvalue weighted by molar-refractivity contribution is 7.31. The van der Waals surface area contributed by atoms with E-state index in [1.165, 1.54) is 0 Å². The lowest BCUT2D eigenvalue weighted by molar-refractivity contribution is 0.601. The molecule has 0 aliphatic heterocycles. The van der Waals surface area contributed by atoms with Crippen molar-refractivity contribution in [1.29, 1.82) is 0 Å². The average Bonchev–Trinajstić information content (AvgIpc) is 2.10. The second-order valence-corrected chi connectivity index (χ2v) is 6.11. The van der Waals surface area contributed by atoms with Crippen LogP contribution in [0.3, 0.4) is 0 Å². The molecular weight excluding hydrogens is 235 g/mol. The third-order valence-electron chi connectivity index (χ3n) is 1.80. The van der Waals surface area contributed by atoms with Crippen molar-refractivity contribution in [2.75, 3.05) is 0 Å². The van der Waals surface area contributed by atoms with Gasteiger partial charge in [-0.05, 0) is 25.5 Å². The lowest BCUT2D eigenvalue weighted by atomic mass is 10.1. The quantitative estimate of drug-likeness (QED) is 0.581. The van der Waals surface area contributed by atoms with E-state index in [1.807, 2.05) is 44.2 Å². The van der Waals surface area contributed by atoms with Crippen LogP contribution in [0.5, 0.6) is 5.75 Å². The van der Waals surface area contributed by atoms with Crippen LogP contribution >= 0.6 is 22.2 Å². The molecule has 0 spiro atoms. The van der Waals surface area contributed by atoms with Gasteiger partial charge < -0.3 is 4.43 Å². The maximum absolute atomic E-state index is 5.66. The van der Waals surface area contributed by atoms with E-state index in [4.69, 9.17) is 26.6 Å². The molecule has 1 nitrogen and oxygen atoms in total. The molecule has 0 bridgehead atoms. The number of hydrogen-bond donors (Lipinski definition) is 0. The minimum Gasteiger partial charge on any atom is -0.516 e. The molecule has 0 saturated heterocycles. The molecule has 0 aliphatic rings. The highest BCUT2D eigenvalue weighted by Gasteiger charge is 2.10. The first kappa shape index (κ1) is 11.6. The van der Waals surface area contributed by atoms with Crippen LogP contribution in [0.25, 0.3) is 6.08 Å². The Morgan fingerprint density at radius 3 is 2.64 bits per heavy atom. The SMILES string of the molecule is CC=Cc1c(C)cccc1O[Si](Cl)Cl. The maximum atomic E-state index is 5.66. The molecule has 14 heavy (non-hydrogen) atoms. The summed E-state index contributed by atoms with van der Waals surface area (Å²) in [6, 6.07) is 5.82. The van der Waals surface area contributed by atoms with Crippen molar-refractivity contribution in [3.05, 3.63) is 35.4 Å². The van der Waals surface area contributed by atoms with Gasteiger partial charge in [-0.1, -0.05) is 46.4 Å². The molecule has 75 valence electrons. The lowest BCUT2D eigenvalue weighted by Crippen LogP contribution is -2.06. The molecule has 1 rings (SSSR count). The molecule has 0 aromatic heterocycles. The normalized spacial score (nSPS) is 11.2. The van der Waals surface area contributed by atoms with Crippen LogP contribution in [-0.4, -0.2) is 7.66 Å². The zero-order valence-electron chi connectivity index (χ0n) is 8.05. The fourth-order valence-corrected chi connectivity index (χ4v) is 2.05. The van der Waals surface area contributed by atoms with Crippen LogP contribution in [0.1, 0.15) is 18.1 Å². The largest absolute Gasteiger partial charge is 0.516 e. The monoisotopic (exact) mass is 245 g/mol. The van der Waals surface area contributed by atoms with Crippen molar-refractivity contribution in [2.45, 2.75) is 13.8 Å². The Balaban J connectivity index is 3.07. The van der Waals surface area contributed by atoms with Crippen molar-refractivity contribution in [3.8, 4) is 5.75 Å². The Kier molecular flexibility index (Phi) is 4.52. The minimum atomic E-state index is -1.73. The molecular formula is C10H11Cl2OSi. The molecule has 0 amide bonds. The second kappa shape index (κ2) is 5.44.